The van der Waals surface area contributed by atoms with Gasteiger partial charge in [-0.1, -0.05) is 13.0 Å². The van der Waals surface area contributed by atoms with Gasteiger partial charge in [0.05, 0.1) is 6.54 Å². The Balaban J connectivity index is 2.07. The van der Waals surface area contributed by atoms with E-state index in [1.54, 1.807) is 0 Å². The zero-order chi connectivity index (χ0) is 14.5. The molecule has 0 saturated carbocycles. The van der Waals surface area contributed by atoms with Crippen molar-refractivity contribution in [2.45, 2.75) is 33.4 Å². The van der Waals surface area contributed by atoms with E-state index >= 15 is 0 Å². The normalized spacial score (nSPS) is 10.6. The molecule has 1 aromatic carbocycles. The predicted octanol–water partition coefficient (Wildman–Crippen LogP) is 3.28. The third kappa shape index (κ3) is 3.32. The van der Waals surface area contributed by atoms with Gasteiger partial charge < -0.3 is 14.8 Å². The van der Waals surface area contributed by atoms with Crippen molar-refractivity contribution >= 4 is 11.4 Å². The number of hydrogen-bond donors (Lipinski definition) is 1. The van der Waals surface area contributed by atoms with Gasteiger partial charge in [-0.15, -0.1) is 0 Å². The van der Waals surface area contributed by atoms with E-state index in [1.165, 1.54) is 11.3 Å². The Labute approximate surface area is 121 Å². The lowest BCUT2D eigenvalue weighted by atomic mass is 10.1. The van der Waals surface area contributed by atoms with E-state index in [-0.39, 0.29) is 0 Å². The van der Waals surface area contributed by atoms with Crippen LogP contribution in [0.3, 0.4) is 0 Å². The average molecular weight is 272 g/mol. The van der Waals surface area contributed by atoms with Gasteiger partial charge in [-0.05, 0) is 31.0 Å². The highest BCUT2D eigenvalue weighted by molar-refractivity contribution is 5.61. The second kappa shape index (κ2) is 6.46. The van der Waals surface area contributed by atoms with Crippen molar-refractivity contribution < 1.29 is 0 Å². The number of aryl methyl sites for hydroxylation is 2. The maximum atomic E-state index is 4.42. The lowest BCUT2D eigenvalue weighted by Gasteiger charge is -2.17. The first-order valence-corrected chi connectivity index (χ1v) is 7.13. The first kappa shape index (κ1) is 14.4. The van der Waals surface area contributed by atoms with Crippen LogP contribution in [0.5, 0.6) is 0 Å². The minimum atomic E-state index is 0.753. The highest BCUT2D eigenvalue weighted by Crippen LogP contribution is 2.22. The summed E-state index contributed by atoms with van der Waals surface area (Å²) in [6.07, 6.45) is 5.03. The molecule has 1 N–H and O–H groups in total. The average Bonchev–Trinajstić information content (AvgIpc) is 2.85. The van der Waals surface area contributed by atoms with Gasteiger partial charge in [0.2, 0.25) is 0 Å². The van der Waals surface area contributed by atoms with Gasteiger partial charge in [0.25, 0.3) is 0 Å². The number of anilines is 2. The smallest absolute Gasteiger partial charge is 0.128 e. The molecule has 4 nitrogen and oxygen atoms in total. The molecule has 0 unspecified atom stereocenters. The molecule has 0 aliphatic carbocycles. The van der Waals surface area contributed by atoms with Crippen LogP contribution in [0.4, 0.5) is 11.4 Å². The Morgan fingerprint density at radius 1 is 1.30 bits per heavy atom. The molecule has 2 rings (SSSR count). The first-order valence-electron chi connectivity index (χ1n) is 7.13. The van der Waals surface area contributed by atoms with Crippen LogP contribution in [0.15, 0.2) is 30.6 Å². The Morgan fingerprint density at radius 2 is 2.10 bits per heavy atom. The molecule has 1 heterocycles. The van der Waals surface area contributed by atoms with E-state index in [1.807, 2.05) is 12.4 Å². The van der Waals surface area contributed by atoms with Crippen LogP contribution in [-0.4, -0.2) is 23.6 Å². The third-order valence-electron chi connectivity index (χ3n) is 3.41. The van der Waals surface area contributed by atoms with E-state index in [9.17, 15) is 0 Å². The maximum Gasteiger partial charge on any atom is 0.128 e. The van der Waals surface area contributed by atoms with Crippen molar-refractivity contribution in [1.82, 2.24) is 9.55 Å². The molecule has 0 bridgehead atoms. The van der Waals surface area contributed by atoms with E-state index in [4.69, 9.17) is 0 Å². The summed E-state index contributed by atoms with van der Waals surface area (Å²) in [5.41, 5.74) is 3.66. The van der Waals surface area contributed by atoms with Gasteiger partial charge in [-0.2, -0.15) is 0 Å². The molecule has 0 radical (unpaired) electrons. The first-order chi connectivity index (χ1) is 9.61. The lowest BCUT2D eigenvalue weighted by Crippen LogP contribution is -2.12. The Hall–Kier alpha value is -1.97. The van der Waals surface area contributed by atoms with E-state index < -0.39 is 0 Å². The molecule has 0 fully saturated rings. The number of imidazole rings is 1. The van der Waals surface area contributed by atoms with Crippen molar-refractivity contribution in [2.24, 2.45) is 0 Å². The summed E-state index contributed by atoms with van der Waals surface area (Å²) < 4.78 is 2.20. The standard InChI is InChI=1S/C16H24N4/c1-5-9-20-10-8-17-16(20)12-18-14-7-6-13(2)15(11-14)19(3)4/h6-8,10-11,18H,5,9,12H2,1-4H3. The van der Waals surface area contributed by atoms with E-state index in [2.05, 4.69) is 65.9 Å². The van der Waals surface area contributed by atoms with Crippen molar-refractivity contribution in [3.8, 4) is 0 Å². The van der Waals surface area contributed by atoms with Gasteiger partial charge >= 0.3 is 0 Å². The Kier molecular flexibility index (Phi) is 4.66. The summed E-state index contributed by atoms with van der Waals surface area (Å²) in [5, 5.41) is 3.46. The van der Waals surface area contributed by atoms with Crippen LogP contribution >= 0.6 is 0 Å². The second-order valence-corrected chi connectivity index (χ2v) is 5.29. The molecular formula is C16H24N4. The minimum absolute atomic E-state index is 0.753. The van der Waals surface area contributed by atoms with Crippen LogP contribution in [-0.2, 0) is 13.1 Å². The van der Waals surface area contributed by atoms with Gasteiger partial charge in [-0.25, -0.2) is 4.98 Å². The molecule has 0 spiro atoms. The zero-order valence-electron chi connectivity index (χ0n) is 12.8. The number of nitrogens with zero attached hydrogens (tertiary/aromatic N) is 3. The van der Waals surface area contributed by atoms with Crippen molar-refractivity contribution in [1.29, 1.82) is 0 Å². The van der Waals surface area contributed by atoms with Crippen molar-refractivity contribution in [3.63, 3.8) is 0 Å². The maximum absolute atomic E-state index is 4.42. The molecule has 0 aliphatic heterocycles. The summed E-state index contributed by atoms with van der Waals surface area (Å²) in [7, 11) is 4.14. The molecule has 20 heavy (non-hydrogen) atoms. The largest absolute Gasteiger partial charge is 0.378 e. The van der Waals surface area contributed by atoms with Crippen LogP contribution in [0.2, 0.25) is 0 Å². The third-order valence-corrected chi connectivity index (χ3v) is 3.41. The summed E-state index contributed by atoms with van der Waals surface area (Å²) in [6.45, 7) is 6.09. The number of hydrogen-bond acceptors (Lipinski definition) is 3. The molecule has 0 saturated heterocycles. The fraction of sp³-hybridized carbons (Fsp3) is 0.438. The highest BCUT2D eigenvalue weighted by Gasteiger charge is 2.04. The number of rotatable bonds is 6. The monoisotopic (exact) mass is 272 g/mol. The Bertz CT molecular complexity index is 557. The van der Waals surface area contributed by atoms with Crippen LogP contribution < -0.4 is 10.2 Å². The molecule has 1 aromatic heterocycles. The fourth-order valence-electron chi connectivity index (χ4n) is 2.33. The number of aromatic nitrogens is 2. The van der Waals surface area contributed by atoms with Crippen LogP contribution in [0, 0.1) is 6.92 Å². The van der Waals surface area contributed by atoms with Crippen molar-refractivity contribution in [3.05, 3.63) is 42.0 Å². The van der Waals surface area contributed by atoms with Gasteiger partial charge in [0, 0.05) is 44.4 Å². The Morgan fingerprint density at radius 3 is 2.80 bits per heavy atom. The molecule has 108 valence electrons. The molecule has 0 aliphatic rings. The van der Waals surface area contributed by atoms with Gasteiger partial charge in [0.15, 0.2) is 0 Å². The molecule has 4 heteroatoms. The SMILES string of the molecule is CCCn1ccnc1CNc1ccc(C)c(N(C)C)c1. The topological polar surface area (TPSA) is 33.1 Å². The molecule has 2 aromatic rings. The van der Waals surface area contributed by atoms with E-state index in [0.29, 0.717) is 0 Å². The molecule has 0 atom stereocenters. The number of nitrogens with one attached hydrogen (secondary N) is 1. The second-order valence-electron chi connectivity index (χ2n) is 5.29. The zero-order valence-corrected chi connectivity index (χ0v) is 12.8. The fourth-order valence-corrected chi connectivity index (χ4v) is 2.33. The van der Waals surface area contributed by atoms with Crippen LogP contribution in [0.25, 0.3) is 0 Å². The summed E-state index contributed by atoms with van der Waals surface area (Å²) in [5.74, 6) is 1.08. The lowest BCUT2D eigenvalue weighted by molar-refractivity contribution is 0.644. The summed E-state index contributed by atoms with van der Waals surface area (Å²) in [4.78, 5) is 6.55. The summed E-state index contributed by atoms with van der Waals surface area (Å²) in [6, 6.07) is 6.45. The minimum Gasteiger partial charge on any atom is -0.378 e. The number of benzene rings is 1. The molecular weight excluding hydrogens is 248 g/mol. The van der Waals surface area contributed by atoms with E-state index in [0.717, 1.165) is 31.0 Å². The highest BCUT2D eigenvalue weighted by atomic mass is 15.1. The molecule has 0 amide bonds. The van der Waals surface area contributed by atoms with Gasteiger partial charge in [-0.3, -0.25) is 0 Å². The van der Waals surface area contributed by atoms with Gasteiger partial charge in [0.1, 0.15) is 5.82 Å². The predicted molar refractivity (Wildman–Crippen MR) is 85.4 cm³/mol. The quantitative estimate of drug-likeness (QED) is 0.876. The van der Waals surface area contributed by atoms with Crippen LogP contribution in [0.1, 0.15) is 24.7 Å². The van der Waals surface area contributed by atoms with Crippen molar-refractivity contribution in [2.75, 3.05) is 24.3 Å². The summed E-state index contributed by atoms with van der Waals surface area (Å²) >= 11 is 0.